The smallest absolute Gasteiger partial charge is 0.275 e. The van der Waals surface area contributed by atoms with Crippen LogP contribution in [0.5, 0.6) is 0 Å². The predicted molar refractivity (Wildman–Crippen MR) is 77.5 cm³/mol. The fourth-order valence-corrected chi connectivity index (χ4v) is 2.08. The van der Waals surface area contributed by atoms with Crippen LogP contribution in [0.3, 0.4) is 0 Å². The summed E-state index contributed by atoms with van der Waals surface area (Å²) in [5.74, 6) is -2.00. The summed E-state index contributed by atoms with van der Waals surface area (Å²) in [6.07, 6.45) is 3.08. The van der Waals surface area contributed by atoms with Crippen LogP contribution < -0.4 is 10.4 Å². The molecule has 0 saturated carbocycles. The van der Waals surface area contributed by atoms with Crippen molar-refractivity contribution in [3.63, 3.8) is 0 Å². The number of anilines is 1. The highest BCUT2D eigenvalue weighted by Gasteiger charge is 2.15. The molecule has 2 rings (SSSR count). The number of carboxylic acid groups (broad SMARTS) is 1. The van der Waals surface area contributed by atoms with Gasteiger partial charge in [0.2, 0.25) is 0 Å². The summed E-state index contributed by atoms with van der Waals surface area (Å²) in [6, 6.07) is 5.91. The van der Waals surface area contributed by atoms with Gasteiger partial charge in [-0.25, -0.2) is 9.97 Å². The van der Waals surface area contributed by atoms with E-state index in [9.17, 15) is 14.7 Å². The second kappa shape index (κ2) is 6.55. The lowest BCUT2D eigenvalue weighted by Gasteiger charge is -2.11. The monoisotopic (exact) mass is 322 g/mol. The van der Waals surface area contributed by atoms with Crippen LogP contribution >= 0.6 is 23.4 Å². The highest BCUT2D eigenvalue weighted by molar-refractivity contribution is 7.98. The van der Waals surface area contributed by atoms with Gasteiger partial charge in [0.15, 0.2) is 10.9 Å². The van der Waals surface area contributed by atoms with Crippen LogP contribution in [-0.4, -0.2) is 28.1 Å². The summed E-state index contributed by atoms with van der Waals surface area (Å²) in [6.45, 7) is 0. The molecule has 8 heteroatoms. The Balaban J connectivity index is 2.33. The molecule has 0 radical (unpaired) electrons. The molecule has 0 spiro atoms. The molecule has 108 valence electrons. The third kappa shape index (κ3) is 3.50. The molecule has 0 bridgehead atoms. The summed E-state index contributed by atoms with van der Waals surface area (Å²) in [4.78, 5) is 31.1. The number of carbonyl (C=O) groups excluding carboxylic acids is 2. The first-order chi connectivity index (χ1) is 10.0. The van der Waals surface area contributed by atoms with Crippen LogP contribution in [0.15, 0.2) is 35.6 Å². The zero-order valence-corrected chi connectivity index (χ0v) is 12.4. The molecule has 0 saturated heterocycles. The molecule has 0 aliphatic rings. The minimum Gasteiger partial charge on any atom is -0.545 e. The van der Waals surface area contributed by atoms with E-state index < -0.39 is 11.9 Å². The van der Waals surface area contributed by atoms with Gasteiger partial charge in [-0.15, -0.1) is 0 Å². The number of aromatic carboxylic acids is 1. The number of nitrogens with one attached hydrogen (secondary N) is 1. The van der Waals surface area contributed by atoms with Crippen molar-refractivity contribution in [3.05, 3.63) is 46.7 Å². The van der Waals surface area contributed by atoms with Gasteiger partial charge in [-0.3, -0.25) is 4.79 Å². The van der Waals surface area contributed by atoms with Gasteiger partial charge in [-0.1, -0.05) is 41.6 Å². The number of carboxylic acids is 1. The molecule has 0 aliphatic carbocycles. The van der Waals surface area contributed by atoms with E-state index in [0.717, 1.165) is 0 Å². The number of hydrogen-bond acceptors (Lipinski definition) is 6. The molecule has 1 heterocycles. The average molecular weight is 323 g/mol. The fourth-order valence-electron chi connectivity index (χ4n) is 1.56. The Morgan fingerprint density at radius 1 is 1.33 bits per heavy atom. The largest absolute Gasteiger partial charge is 0.545 e. The van der Waals surface area contributed by atoms with Crippen LogP contribution in [0.2, 0.25) is 5.02 Å². The Kier molecular flexibility index (Phi) is 4.77. The number of para-hydroxylation sites is 1. The Labute approximate surface area is 129 Å². The number of hydrogen-bond donors (Lipinski definition) is 1. The van der Waals surface area contributed by atoms with E-state index >= 15 is 0 Å². The average Bonchev–Trinajstić information content (AvgIpc) is 2.48. The van der Waals surface area contributed by atoms with Crippen molar-refractivity contribution in [2.45, 2.75) is 5.16 Å². The van der Waals surface area contributed by atoms with Gasteiger partial charge in [0, 0.05) is 5.56 Å². The quantitative estimate of drug-likeness (QED) is 0.676. The zero-order chi connectivity index (χ0) is 15.4. The maximum Gasteiger partial charge on any atom is 0.275 e. The molecule has 2 aromatic rings. The summed E-state index contributed by atoms with van der Waals surface area (Å²) < 4.78 is 0. The highest BCUT2D eigenvalue weighted by Crippen LogP contribution is 2.19. The molecule has 21 heavy (non-hydrogen) atoms. The number of amides is 1. The van der Waals surface area contributed by atoms with Crippen molar-refractivity contribution in [1.29, 1.82) is 0 Å². The van der Waals surface area contributed by atoms with E-state index in [2.05, 4.69) is 15.3 Å². The molecule has 1 N–H and O–H groups in total. The second-order valence-corrected chi connectivity index (χ2v) is 5.02. The molecule has 1 aromatic carbocycles. The Hall–Kier alpha value is -2.12. The van der Waals surface area contributed by atoms with Crippen molar-refractivity contribution in [1.82, 2.24) is 9.97 Å². The summed E-state index contributed by atoms with van der Waals surface area (Å²) in [7, 11) is 0. The molecule has 1 amide bonds. The predicted octanol–water partition coefficient (Wildman–Crippen LogP) is 1.47. The molecule has 1 aromatic heterocycles. The van der Waals surface area contributed by atoms with E-state index in [0.29, 0.717) is 5.16 Å². The number of thioether (sulfide) groups is 1. The SMILES string of the molecule is CSc1ncc(Cl)c(C(=O)Nc2ccccc2C(=O)[O-])n1. The summed E-state index contributed by atoms with van der Waals surface area (Å²) in [5, 5.41) is 13.9. The van der Waals surface area contributed by atoms with Crippen LogP contribution in [0.25, 0.3) is 0 Å². The van der Waals surface area contributed by atoms with Crippen molar-refractivity contribution in [2.75, 3.05) is 11.6 Å². The normalized spacial score (nSPS) is 10.2. The number of aromatic nitrogens is 2. The van der Waals surface area contributed by atoms with E-state index in [-0.39, 0.29) is 22.0 Å². The summed E-state index contributed by atoms with van der Waals surface area (Å²) >= 11 is 7.15. The van der Waals surface area contributed by atoms with Gasteiger partial charge in [-0.05, 0) is 12.3 Å². The Bertz CT molecular complexity index is 709. The van der Waals surface area contributed by atoms with Crippen molar-refractivity contribution < 1.29 is 14.7 Å². The number of nitrogens with zero attached hydrogens (tertiary/aromatic N) is 2. The van der Waals surface area contributed by atoms with E-state index in [1.165, 1.54) is 36.2 Å². The van der Waals surface area contributed by atoms with Crippen LogP contribution in [0.4, 0.5) is 5.69 Å². The Morgan fingerprint density at radius 2 is 2.05 bits per heavy atom. The first-order valence-electron chi connectivity index (χ1n) is 5.71. The van der Waals surface area contributed by atoms with Gasteiger partial charge in [0.1, 0.15) is 0 Å². The number of benzene rings is 1. The summed E-state index contributed by atoms with van der Waals surface area (Å²) in [5.41, 5.74) is -0.0341. The van der Waals surface area contributed by atoms with E-state index in [1.54, 1.807) is 12.3 Å². The Morgan fingerprint density at radius 3 is 2.71 bits per heavy atom. The van der Waals surface area contributed by atoms with Crippen molar-refractivity contribution in [3.8, 4) is 0 Å². The lowest BCUT2D eigenvalue weighted by molar-refractivity contribution is -0.254. The molecular weight excluding hydrogens is 314 g/mol. The minimum absolute atomic E-state index is 0.0239. The maximum atomic E-state index is 12.2. The number of carbonyl (C=O) groups is 2. The third-order valence-corrected chi connectivity index (χ3v) is 3.35. The van der Waals surface area contributed by atoms with E-state index in [1.807, 2.05) is 0 Å². The molecule has 0 aliphatic heterocycles. The molecule has 0 unspecified atom stereocenters. The van der Waals surface area contributed by atoms with Gasteiger partial charge >= 0.3 is 0 Å². The topological polar surface area (TPSA) is 95.0 Å². The maximum absolute atomic E-state index is 12.2. The van der Waals surface area contributed by atoms with Crippen LogP contribution in [-0.2, 0) is 0 Å². The number of rotatable bonds is 4. The van der Waals surface area contributed by atoms with Gasteiger partial charge in [0.25, 0.3) is 5.91 Å². The van der Waals surface area contributed by atoms with E-state index in [4.69, 9.17) is 11.6 Å². The third-order valence-electron chi connectivity index (χ3n) is 2.51. The van der Waals surface area contributed by atoms with Gasteiger partial charge in [-0.2, -0.15) is 0 Å². The lowest BCUT2D eigenvalue weighted by Crippen LogP contribution is -2.25. The lowest BCUT2D eigenvalue weighted by atomic mass is 10.2. The molecule has 0 atom stereocenters. The molecule has 0 fully saturated rings. The van der Waals surface area contributed by atoms with Crippen molar-refractivity contribution in [2.24, 2.45) is 0 Å². The van der Waals surface area contributed by atoms with Crippen molar-refractivity contribution >= 4 is 40.9 Å². The van der Waals surface area contributed by atoms with Crippen LogP contribution in [0.1, 0.15) is 20.8 Å². The standard InChI is InChI=1S/C13H10ClN3O3S/c1-21-13-15-6-8(14)10(17-13)11(18)16-9-5-3-2-4-7(9)12(19)20/h2-6H,1H3,(H,16,18)(H,19,20)/p-1. The first-order valence-corrected chi connectivity index (χ1v) is 7.31. The van der Waals surface area contributed by atoms with Gasteiger partial charge in [0.05, 0.1) is 22.9 Å². The van der Waals surface area contributed by atoms with Crippen LogP contribution in [0, 0.1) is 0 Å². The highest BCUT2D eigenvalue weighted by atomic mass is 35.5. The fraction of sp³-hybridized carbons (Fsp3) is 0.0769. The molecule has 6 nitrogen and oxygen atoms in total. The minimum atomic E-state index is -1.38. The van der Waals surface area contributed by atoms with Gasteiger partial charge < -0.3 is 15.2 Å². The second-order valence-electron chi connectivity index (χ2n) is 3.84. The number of halogens is 1. The zero-order valence-electron chi connectivity index (χ0n) is 10.8. The molecular formula is C13H9ClN3O3S-. The first kappa shape index (κ1) is 15.3.